The van der Waals surface area contributed by atoms with E-state index in [0.29, 0.717) is 6.04 Å². The normalized spacial score (nSPS) is 15.1. The standard InChI is InChI=1S/C19H27N5/c1-14-20-18(22-15-7-5-4-6-8-15)13-19(21-14)23-16-9-11-17(12-10-16)24(2)3/h9-13,15H,4-8H2,1-3H3,(H2,20,21,22,23). The third-order valence-corrected chi connectivity index (χ3v) is 4.45. The first kappa shape index (κ1) is 16.6. The quantitative estimate of drug-likeness (QED) is 0.856. The van der Waals surface area contributed by atoms with E-state index in [-0.39, 0.29) is 0 Å². The third-order valence-electron chi connectivity index (χ3n) is 4.45. The summed E-state index contributed by atoms with van der Waals surface area (Å²) in [5.74, 6) is 2.53. The van der Waals surface area contributed by atoms with Gasteiger partial charge in [0.15, 0.2) is 0 Å². The monoisotopic (exact) mass is 325 g/mol. The van der Waals surface area contributed by atoms with Gasteiger partial charge in [0.25, 0.3) is 0 Å². The highest BCUT2D eigenvalue weighted by molar-refractivity contribution is 5.62. The molecule has 5 nitrogen and oxygen atoms in total. The lowest BCUT2D eigenvalue weighted by Gasteiger charge is -2.23. The number of benzene rings is 1. The van der Waals surface area contributed by atoms with Crippen LogP contribution < -0.4 is 15.5 Å². The number of rotatable bonds is 5. The molecule has 1 heterocycles. The molecule has 0 aliphatic heterocycles. The second-order valence-electron chi connectivity index (χ2n) is 6.73. The molecular weight excluding hydrogens is 298 g/mol. The SMILES string of the molecule is Cc1nc(Nc2ccc(N(C)C)cc2)cc(NC2CCCCC2)n1. The zero-order valence-corrected chi connectivity index (χ0v) is 14.8. The van der Waals surface area contributed by atoms with E-state index in [1.165, 1.54) is 37.8 Å². The summed E-state index contributed by atoms with van der Waals surface area (Å²) in [7, 11) is 4.08. The largest absolute Gasteiger partial charge is 0.378 e. The first-order chi connectivity index (χ1) is 11.6. The summed E-state index contributed by atoms with van der Waals surface area (Å²) in [6, 6.07) is 10.9. The molecule has 1 aromatic heterocycles. The van der Waals surface area contributed by atoms with Crippen LogP contribution in [0, 0.1) is 6.92 Å². The molecular formula is C19H27N5. The Morgan fingerprint density at radius 1 is 0.958 bits per heavy atom. The van der Waals surface area contributed by atoms with Gasteiger partial charge in [0, 0.05) is 37.6 Å². The van der Waals surface area contributed by atoms with Crippen LogP contribution in [0.5, 0.6) is 0 Å². The third kappa shape index (κ3) is 4.37. The minimum absolute atomic E-state index is 0.542. The van der Waals surface area contributed by atoms with Crippen LogP contribution in [0.25, 0.3) is 0 Å². The van der Waals surface area contributed by atoms with E-state index < -0.39 is 0 Å². The molecule has 3 rings (SSSR count). The number of aromatic nitrogens is 2. The number of hydrogen-bond acceptors (Lipinski definition) is 5. The maximum Gasteiger partial charge on any atom is 0.136 e. The molecule has 1 fully saturated rings. The maximum atomic E-state index is 4.54. The molecule has 0 spiro atoms. The summed E-state index contributed by atoms with van der Waals surface area (Å²) in [5.41, 5.74) is 2.21. The van der Waals surface area contributed by atoms with E-state index in [0.717, 1.165) is 23.1 Å². The van der Waals surface area contributed by atoms with Crippen molar-refractivity contribution in [1.82, 2.24) is 9.97 Å². The van der Waals surface area contributed by atoms with Crippen LogP contribution in [-0.4, -0.2) is 30.1 Å². The van der Waals surface area contributed by atoms with Crippen LogP contribution in [0.4, 0.5) is 23.0 Å². The van der Waals surface area contributed by atoms with Gasteiger partial charge in [-0.3, -0.25) is 0 Å². The highest BCUT2D eigenvalue weighted by Gasteiger charge is 2.14. The smallest absolute Gasteiger partial charge is 0.136 e. The first-order valence-electron chi connectivity index (χ1n) is 8.77. The molecule has 1 saturated carbocycles. The number of aryl methyl sites for hydroxylation is 1. The van der Waals surface area contributed by atoms with Gasteiger partial charge in [-0.2, -0.15) is 0 Å². The predicted molar refractivity (Wildman–Crippen MR) is 101 cm³/mol. The molecule has 0 bridgehead atoms. The maximum absolute atomic E-state index is 4.54. The molecule has 24 heavy (non-hydrogen) atoms. The van der Waals surface area contributed by atoms with Crippen molar-refractivity contribution in [1.29, 1.82) is 0 Å². The van der Waals surface area contributed by atoms with E-state index in [4.69, 9.17) is 0 Å². The summed E-state index contributed by atoms with van der Waals surface area (Å²) >= 11 is 0. The molecule has 5 heteroatoms. The van der Waals surface area contributed by atoms with Crippen LogP contribution in [0.2, 0.25) is 0 Å². The summed E-state index contributed by atoms with van der Waals surface area (Å²) in [5, 5.41) is 6.95. The molecule has 128 valence electrons. The van der Waals surface area contributed by atoms with Gasteiger partial charge in [0.05, 0.1) is 0 Å². The van der Waals surface area contributed by atoms with Crippen molar-refractivity contribution in [2.75, 3.05) is 29.6 Å². The molecule has 1 aliphatic carbocycles. The Labute approximate surface area is 144 Å². The van der Waals surface area contributed by atoms with Crippen LogP contribution in [0.15, 0.2) is 30.3 Å². The topological polar surface area (TPSA) is 53.1 Å². The van der Waals surface area contributed by atoms with Crippen LogP contribution >= 0.6 is 0 Å². The van der Waals surface area contributed by atoms with Gasteiger partial charge in [-0.25, -0.2) is 9.97 Å². The van der Waals surface area contributed by atoms with Crippen LogP contribution in [0.1, 0.15) is 37.9 Å². The Kier molecular flexibility index (Phi) is 5.18. The van der Waals surface area contributed by atoms with E-state index in [1.54, 1.807) is 0 Å². The fraction of sp³-hybridized carbons (Fsp3) is 0.474. The van der Waals surface area contributed by atoms with Gasteiger partial charge in [-0.1, -0.05) is 19.3 Å². The Bertz CT molecular complexity index is 660. The van der Waals surface area contributed by atoms with Crippen molar-refractivity contribution in [3.05, 3.63) is 36.2 Å². The van der Waals surface area contributed by atoms with E-state index in [1.807, 2.05) is 27.1 Å². The summed E-state index contributed by atoms with van der Waals surface area (Å²) in [6.07, 6.45) is 6.45. The van der Waals surface area contributed by atoms with E-state index >= 15 is 0 Å². The average molecular weight is 325 g/mol. The van der Waals surface area contributed by atoms with Crippen molar-refractivity contribution in [3.63, 3.8) is 0 Å². The highest BCUT2D eigenvalue weighted by atomic mass is 15.1. The van der Waals surface area contributed by atoms with Gasteiger partial charge < -0.3 is 15.5 Å². The summed E-state index contributed by atoms with van der Waals surface area (Å²) < 4.78 is 0. The Morgan fingerprint density at radius 3 is 2.29 bits per heavy atom. The predicted octanol–water partition coefficient (Wildman–Crippen LogP) is 4.34. The fourth-order valence-electron chi connectivity index (χ4n) is 3.15. The van der Waals surface area contributed by atoms with Gasteiger partial charge in [-0.05, 0) is 44.0 Å². The van der Waals surface area contributed by atoms with Gasteiger partial charge in [-0.15, -0.1) is 0 Å². The highest BCUT2D eigenvalue weighted by Crippen LogP contribution is 2.23. The van der Waals surface area contributed by atoms with Gasteiger partial charge >= 0.3 is 0 Å². The lowest BCUT2D eigenvalue weighted by atomic mass is 9.95. The van der Waals surface area contributed by atoms with Crippen molar-refractivity contribution in [2.24, 2.45) is 0 Å². The van der Waals surface area contributed by atoms with Crippen LogP contribution in [-0.2, 0) is 0 Å². The fourth-order valence-corrected chi connectivity index (χ4v) is 3.15. The molecule has 2 aromatic rings. The molecule has 1 aliphatic rings. The molecule has 0 saturated heterocycles. The zero-order valence-electron chi connectivity index (χ0n) is 14.8. The summed E-state index contributed by atoms with van der Waals surface area (Å²) in [6.45, 7) is 1.94. The van der Waals surface area contributed by atoms with Crippen molar-refractivity contribution in [2.45, 2.75) is 45.1 Å². The zero-order chi connectivity index (χ0) is 16.9. The second kappa shape index (κ2) is 7.51. The minimum atomic E-state index is 0.542. The first-order valence-corrected chi connectivity index (χ1v) is 8.77. The summed E-state index contributed by atoms with van der Waals surface area (Å²) in [4.78, 5) is 11.1. The Hall–Kier alpha value is -2.30. The van der Waals surface area contributed by atoms with Crippen molar-refractivity contribution in [3.8, 4) is 0 Å². The molecule has 0 amide bonds. The number of hydrogen-bond donors (Lipinski definition) is 2. The van der Waals surface area contributed by atoms with Crippen LogP contribution in [0.3, 0.4) is 0 Å². The van der Waals surface area contributed by atoms with Gasteiger partial charge in [0.1, 0.15) is 17.5 Å². The second-order valence-corrected chi connectivity index (χ2v) is 6.73. The van der Waals surface area contributed by atoms with Crippen molar-refractivity contribution >= 4 is 23.0 Å². The van der Waals surface area contributed by atoms with E-state index in [9.17, 15) is 0 Å². The lowest BCUT2D eigenvalue weighted by molar-refractivity contribution is 0.462. The molecule has 1 aromatic carbocycles. The Balaban J connectivity index is 1.70. The number of nitrogens with zero attached hydrogens (tertiary/aromatic N) is 3. The van der Waals surface area contributed by atoms with Crippen molar-refractivity contribution < 1.29 is 0 Å². The molecule has 2 N–H and O–H groups in total. The molecule has 0 unspecified atom stereocenters. The van der Waals surface area contributed by atoms with E-state index in [2.05, 4.69) is 49.8 Å². The molecule has 0 atom stereocenters. The minimum Gasteiger partial charge on any atom is -0.378 e. The lowest BCUT2D eigenvalue weighted by Crippen LogP contribution is -2.23. The van der Waals surface area contributed by atoms with Gasteiger partial charge in [0.2, 0.25) is 0 Å². The molecule has 0 radical (unpaired) electrons. The average Bonchev–Trinajstić information content (AvgIpc) is 2.55. The Morgan fingerprint density at radius 2 is 1.62 bits per heavy atom. The number of anilines is 4. The number of nitrogens with one attached hydrogen (secondary N) is 2.